The standard InChI is InChI=1S/C23H28F2N4O2/c1-26-22(31)20-14-17(13-19(29-20)12-16-6-3-2-4-7-16)21(30)28-10-5-8-18-9-11-27-15-23(18,24)25/h2-4,6-7,13-14,18,27H,5,8-12,15H2,1H3,(H,26,31)(H,28,30). The van der Waals surface area contributed by atoms with Gasteiger partial charge in [-0.1, -0.05) is 30.3 Å². The summed E-state index contributed by atoms with van der Waals surface area (Å²) in [7, 11) is 1.50. The van der Waals surface area contributed by atoms with E-state index in [0.29, 0.717) is 50.0 Å². The lowest BCUT2D eigenvalue weighted by Crippen LogP contribution is -2.46. The molecule has 1 fully saturated rings. The van der Waals surface area contributed by atoms with Gasteiger partial charge in [-0.15, -0.1) is 0 Å². The van der Waals surface area contributed by atoms with Gasteiger partial charge < -0.3 is 16.0 Å². The molecule has 1 atom stereocenters. The number of pyridine rings is 1. The van der Waals surface area contributed by atoms with Crippen LogP contribution in [-0.2, 0) is 6.42 Å². The Labute approximate surface area is 180 Å². The van der Waals surface area contributed by atoms with Gasteiger partial charge in [0, 0.05) is 37.2 Å². The zero-order valence-corrected chi connectivity index (χ0v) is 17.6. The van der Waals surface area contributed by atoms with Crippen LogP contribution in [0, 0.1) is 5.92 Å². The van der Waals surface area contributed by atoms with Crippen molar-refractivity contribution in [3.8, 4) is 0 Å². The highest BCUT2D eigenvalue weighted by molar-refractivity contribution is 5.98. The molecule has 0 radical (unpaired) electrons. The number of nitrogens with one attached hydrogen (secondary N) is 3. The van der Waals surface area contributed by atoms with Crippen molar-refractivity contribution in [3.63, 3.8) is 0 Å². The molecule has 1 aliphatic rings. The second-order valence-corrected chi connectivity index (χ2v) is 7.80. The van der Waals surface area contributed by atoms with Crippen LogP contribution in [0.3, 0.4) is 0 Å². The van der Waals surface area contributed by atoms with Crippen molar-refractivity contribution < 1.29 is 18.4 Å². The summed E-state index contributed by atoms with van der Waals surface area (Å²) in [5.41, 5.74) is 2.10. The van der Waals surface area contributed by atoms with Gasteiger partial charge in [-0.25, -0.2) is 13.8 Å². The van der Waals surface area contributed by atoms with Crippen LogP contribution >= 0.6 is 0 Å². The Hall–Kier alpha value is -2.87. The molecular formula is C23H28F2N4O2. The van der Waals surface area contributed by atoms with Gasteiger partial charge in [0.1, 0.15) is 5.69 Å². The molecule has 1 aliphatic heterocycles. The molecule has 8 heteroatoms. The molecule has 1 aromatic heterocycles. The van der Waals surface area contributed by atoms with Crippen LogP contribution in [0.1, 0.15) is 51.4 Å². The maximum Gasteiger partial charge on any atom is 0.269 e. The summed E-state index contributed by atoms with van der Waals surface area (Å²) < 4.78 is 27.8. The number of alkyl halides is 2. The predicted molar refractivity (Wildman–Crippen MR) is 114 cm³/mol. The Balaban J connectivity index is 1.63. The zero-order chi connectivity index (χ0) is 22.3. The van der Waals surface area contributed by atoms with Crippen LogP contribution in [0.15, 0.2) is 42.5 Å². The molecule has 2 heterocycles. The molecule has 1 aromatic carbocycles. The van der Waals surface area contributed by atoms with E-state index in [1.165, 1.54) is 13.1 Å². The summed E-state index contributed by atoms with van der Waals surface area (Å²) in [6.07, 6.45) is 1.74. The van der Waals surface area contributed by atoms with Gasteiger partial charge in [-0.2, -0.15) is 0 Å². The Kier molecular flexibility index (Phi) is 7.68. The van der Waals surface area contributed by atoms with Gasteiger partial charge >= 0.3 is 0 Å². The van der Waals surface area contributed by atoms with Gasteiger partial charge in [-0.3, -0.25) is 9.59 Å². The van der Waals surface area contributed by atoms with Gasteiger partial charge in [0.2, 0.25) is 0 Å². The third-order valence-corrected chi connectivity index (χ3v) is 5.47. The highest BCUT2D eigenvalue weighted by Crippen LogP contribution is 2.32. The molecule has 2 amide bonds. The molecule has 0 spiro atoms. The quantitative estimate of drug-likeness (QED) is 0.563. The van der Waals surface area contributed by atoms with Crippen molar-refractivity contribution in [2.24, 2.45) is 5.92 Å². The predicted octanol–water partition coefficient (Wildman–Crippen LogP) is 2.79. The monoisotopic (exact) mass is 430 g/mol. The van der Waals surface area contributed by atoms with Crippen molar-refractivity contribution in [3.05, 3.63) is 65.0 Å². The fourth-order valence-electron chi connectivity index (χ4n) is 3.75. The summed E-state index contributed by atoms with van der Waals surface area (Å²) in [6, 6.07) is 12.7. The first kappa shape index (κ1) is 22.8. The average molecular weight is 430 g/mol. The maximum atomic E-state index is 13.9. The van der Waals surface area contributed by atoms with E-state index in [0.717, 1.165) is 5.56 Å². The topological polar surface area (TPSA) is 83.1 Å². The Morgan fingerprint density at radius 1 is 1.19 bits per heavy atom. The first-order chi connectivity index (χ1) is 14.9. The first-order valence-corrected chi connectivity index (χ1v) is 10.5. The Bertz CT molecular complexity index is 906. The summed E-state index contributed by atoms with van der Waals surface area (Å²) in [5.74, 6) is -4.10. The number of halogens is 2. The molecule has 0 bridgehead atoms. The van der Waals surface area contributed by atoms with E-state index in [4.69, 9.17) is 0 Å². The molecule has 0 aliphatic carbocycles. The highest BCUT2D eigenvalue weighted by atomic mass is 19.3. The molecule has 31 heavy (non-hydrogen) atoms. The number of benzene rings is 1. The summed E-state index contributed by atoms with van der Waals surface area (Å²) in [5, 5.41) is 8.03. The van der Waals surface area contributed by atoms with Crippen molar-refractivity contribution in [2.75, 3.05) is 26.7 Å². The molecule has 1 unspecified atom stereocenters. The Morgan fingerprint density at radius 3 is 2.68 bits per heavy atom. The Morgan fingerprint density at radius 2 is 1.97 bits per heavy atom. The third kappa shape index (κ3) is 6.30. The van der Waals surface area contributed by atoms with E-state index >= 15 is 0 Å². The van der Waals surface area contributed by atoms with Crippen LogP contribution in [0.25, 0.3) is 0 Å². The zero-order valence-electron chi connectivity index (χ0n) is 17.6. The molecule has 1 saturated heterocycles. The fraction of sp³-hybridized carbons (Fsp3) is 0.435. The number of carbonyl (C=O) groups excluding carboxylic acids is 2. The molecule has 166 valence electrons. The van der Waals surface area contributed by atoms with E-state index in [1.807, 2.05) is 30.3 Å². The average Bonchev–Trinajstić information content (AvgIpc) is 2.77. The van der Waals surface area contributed by atoms with Crippen molar-refractivity contribution >= 4 is 11.8 Å². The minimum Gasteiger partial charge on any atom is -0.354 e. The van der Waals surface area contributed by atoms with Crippen LogP contribution in [-0.4, -0.2) is 49.4 Å². The lowest BCUT2D eigenvalue weighted by Gasteiger charge is -2.31. The second kappa shape index (κ2) is 10.4. The van der Waals surface area contributed by atoms with E-state index in [1.54, 1.807) is 6.07 Å². The number of piperidine rings is 1. The molecule has 0 saturated carbocycles. The van der Waals surface area contributed by atoms with Crippen LogP contribution in [0.2, 0.25) is 0 Å². The van der Waals surface area contributed by atoms with Crippen molar-refractivity contribution in [2.45, 2.75) is 31.6 Å². The van der Waals surface area contributed by atoms with E-state index in [2.05, 4.69) is 20.9 Å². The molecule has 6 nitrogen and oxygen atoms in total. The SMILES string of the molecule is CNC(=O)c1cc(C(=O)NCCCC2CCNCC2(F)F)cc(Cc2ccccc2)n1. The summed E-state index contributed by atoms with van der Waals surface area (Å²) >= 11 is 0. The van der Waals surface area contributed by atoms with Gasteiger partial charge in [-0.05, 0) is 43.5 Å². The van der Waals surface area contributed by atoms with Gasteiger partial charge in [0.15, 0.2) is 0 Å². The van der Waals surface area contributed by atoms with E-state index < -0.39 is 11.8 Å². The van der Waals surface area contributed by atoms with Gasteiger partial charge in [0.05, 0.1) is 6.54 Å². The molecular weight excluding hydrogens is 402 g/mol. The summed E-state index contributed by atoms with van der Waals surface area (Å²) in [6.45, 7) is 0.605. The smallest absolute Gasteiger partial charge is 0.269 e. The van der Waals surface area contributed by atoms with Crippen molar-refractivity contribution in [1.82, 2.24) is 20.9 Å². The normalized spacial score (nSPS) is 17.7. The first-order valence-electron chi connectivity index (χ1n) is 10.5. The number of aromatic nitrogens is 1. The number of hydrogen-bond donors (Lipinski definition) is 3. The minimum absolute atomic E-state index is 0.162. The number of nitrogens with zero attached hydrogens (tertiary/aromatic N) is 1. The number of hydrogen-bond acceptors (Lipinski definition) is 4. The fourth-order valence-corrected chi connectivity index (χ4v) is 3.75. The van der Waals surface area contributed by atoms with E-state index in [9.17, 15) is 18.4 Å². The molecule has 2 aromatic rings. The summed E-state index contributed by atoms with van der Waals surface area (Å²) in [4.78, 5) is 29.1. The lowest BCUT2D eigenvalue weighted by atomic mass is 9.89. The second-order valence-electron chi connectivity index (χ2n) is 7.80. The van der Waals surface area contributed by atoms with Crippen molar-refractivity contribution in [1.29, 1.82) is 0 Å². The highest BCUT2D eigenvalue weighted by Gasteiger charge is 2.40. The van der Waals surface area contributed by atoms with Crippen LogP contribution in [0.4, 0.5) is 8.78 Å². The minimum atomic E-state index is -2.71. The number of amides is 2. The molecule has 3 rings (SSSR count). The number of carbonyl (C=O) groups is 2. The van der Waals surface area contributed by atoms with Crippen LogP contribution in [0.5, 0.6) is 0 Å². The number of rotatable bonds is 8. The largest absolute Gasteiger partial charge is 0.354 e. The third-order valence-electron chi connectivity index (χ3n) is 5.47. The molecule has 3 N–H and O–H groups in total. The lowest BCUT2D eigenvalue weighted by molar-refractivity contribution is -0.0762. The van der Waals surface area contributed by atoms with E-state index in [-0.39, 0.29) is 24.1 Å². The van der Waals surface area contributed by atoms with Gasteiger partial charge in [0.25, 0.3) is 17.7 Å². The van der Waals surface area contributed by atoms with Crippen LogP contribution < -0.4 is 16.0 Å². The maximum absolute atomic E-state index is 13.9.